The van der Waals surface area contributed by atoms with Gasteiger partial charge in [-0.1, -0.05) is 20.8 Å². The third kappa shape index (κ3) is 5.26. The highest BCUT2D eigenvalue weighted by molar-refractivity contribution is 5.94. The highest BCUT2D eigenvalue weighted by atomic mass is 16.6. The number of aromatic carboxylic acids is 1. The van der Waals surface area contributed by atoms with Crippen LogP contribution in [0.1, 0.15) is 82.8 Å². The van der Waals surface area contributed by atoms with Crippen LogP contribution in [0.25, 0.3) is 5.65 Å². The van der Waals surface area contributed by atoms with Crippen molar-refractivity contribution in [1.82, 2.24) is 19.5 Å². The van der Waals surface area contributed by atoms with Gasteiger partial charge in [0.1, 0.15) is 11.2 Å². The first-order chi connectivity index (χ1) is 14.2. The first-order valence-corrected chi connectivity index (χ1v) is 10.6. The van der Waals surface area contributed by atoms with E-state index in [4.69, 9.17) is 4.74 Å². The number of aromatic nitrogens is 3. The molecule has 0 aromatic carbocycles. The number of carbonyl (C=O) groups is 2. The van der Waals surface area contributed by atoms with Gasteiger partial charge in [-0.15, -0.1) is 0 Å². The summed E-state index contributed by atoms with van der Waals surface area (Å²) in [5.41, 5.74) is -0.172. The summed E-state index contributed by atoms with van der Waals surface area (Å²) in [4.78, 5) is 41.0. The van der Waals surface area contributed by atoms with Crippen LogP contribution in [0.5, 0.6) is 0 Å². The molecule has 0 bridgehead atoms. The normalized spacial score (nSPS) is 20.1. The number of amides is 1. The number of carbonyl (C=O) groups excluding carboxylic acids is 1. The van der Waals surface area contributed by atoms with Crippen molar-refractivity contribution < 1.29 is 19.4 Å². The molecular formula is C22H32N4O5. The minimum Gasteiger partial charge on any atom is -0.477 e. The van der Waals surface area contributed by atoms with E-state index in [0.717, 1.165) is 6.42 Å². The zero-order valence-corrected chi connectivity index (χ0v) is 19.1. The van der Waals surface area contributed by atoms with Crippen LogP contribution in [-0.4, -0.2) is 54.9 Å². The maximum absolute atomic E-state index is 12.9. The van der Waals surface area contributed by atoms with Gasteiger partial charge in [-0.2, -0.15) is 5.10 Å². The minimum atomic E-state index is -1.15. The molecule has 3 rings (SSSR count). The molecule has 1 fully saturated rings. The van der Waals surface area contributed by atoms with Crippen LogP contribution in [0.4, 0.5) is 4.79 Å². The lowest BCUT2D eigenvalue weighted by atomic mass is 9.80. The van der Waals surface area contributed by atoms with E-state index in [1.165, 1.54) is 16.8 Å². The van der Waals surface area contributed by atoms with Gasteiger partial charge < -0.3 is 19.7 Å². The molecule has 170 valence electrons. The van der Waals surface area contributed by atoms with Crippen molar-refractivity contribution in [3.05, 3.63) is 33.9 Å². The number of nitrogens with one attached hydrogen (secondary N) is 1. The van der Waals surface area contributed by atoms with Crippen LogP contribution in [0.15, 0.2) is 17.1 Å². The molecule has 2 aromatic rings. The lowest BCUT2D eigenvalue weighted by Crippen LogP contribution is -2.49. The molecule has 2 aromatic heterocycles. The lowest BCUT2D eigenvalue weighted by molar-refractivity contribution is 0.00257. The Balaban J connectivity index is 1.95. The van der Waals surface area contributed by atoms with Gasteiger partial charge in [0.15, 0.2) is 5.65 Å². The second-order valence-corrected chi connectivity index (χ2v) is 10.5. The van der Waals surface area contributed by atoms with Crippen molar-refractivity contribution in [2.75, 3.05) is 6.54 Å². The Labute approximate surface area is 181 Å². The van der Waals surface area contributed by atoms with E-state index in [-0.39, 0.29) is 40.2 Å². The first-order valence-electron chi connectivity index (χ1n) is 10.6. The Hall–Kier alpha value is -2.84. The molecule has 1 aliphatic rings. The summed E-state index contributed by atoms with van der Waals surface area (Å²) in [5.74, 6) is -1.19. The zero-order chi connectivity index (χ0) is 23.1. The van der Waals surface area contributed by atoms with Crippen LogP contribution in [0, 0.1) is 5.41 Å². The highest BCUT2D eigenvalue weighted by Crippen LogP contribution is 2.37. The second-order valence-electron chi connectivity index (χ2n) is 10.5. The fourth-order valence-electron chi connectivity index (χ4n) is 4.24. The summed E-state index contributed by atoms with van der Waals surface area (Å²) in [6.07, 6.45) is 2.95. The monoisotopic (exact) mass is 432 g/mol. The SMILES string of the molecule is CC(C)(C)C[C@@H]1C[C@H](c2cc(=O)[nH]c3c(C(=O)O)cnn23)CCN1C(=O)OC(C)(C)C. The average Bonchev–Trinajstić information content (AvgIpc) is 3.01. The lowest BCUT2D eigenvalue weighted by Gasteiger charge is -2.42. The number of carboxylic acids is 1. The maximum Gasteiger partial charge on any atom is 0.410 e. The molecule has 0 saturated carbocycles. The summed E-state index contributed by atoms with van der Waals surface area (Å²) in [7, 11) is 0. The molecule has 0 aliphatic carbocycles. The Morgan fingerprint density at radius 3 is 2.52 bits per heavy atom. The molecule has 2 N–H and O–H groups in total. The van der Waals surface area contributed by atoms with Gasteiger partial charge in [0, 0.05) is 24.6 Å². The maximum atomic E-state index is 12.9. The van der Waals surface area contributed by atoms with E-state index in [2.05, 4.69) is 30.9 Å². The number of fused-ring (bicyclic) bond motifs is 1. The molecule has 0 spiro atoms. The van der Waals surface area contributed by atoms with Crippen molar-refractivity contribution in [1.29, 1.82) is 0 Å². The summed E-state index contributed by atoms with van der Waals surface area (Å²) < 4.78 is 7.14. The summed E-state index contributed by atoms with van der Waals surface area (Å²) in [6.45, 7) is 12.4. The zero-order valence-electron chi connectivity index (χ0n) is 19.1. The van der Waals surface area contributed by atoms with Gasteiger partial charge in [0.2, 0.25) is 0 Å². The number of ether oxygens (including phenoxy) is 1. The minimum absolute atomic E-state index is 0.0154. The molecule has 9 nitrogen and oxygen atoms in total. The van der Waals surface area contributed by atoms with Crippen molar-refractivity contribution in [3.63, 3.8) is 0 Å². The Morgan fingerprint density at radius 2 is 1.94 bits per heavy atom. The molecule has 9 heteroatoms. The van der Waals surface area contributed by atoms with Gasteiger partial charge >= 0.3 is 12.1 Å². The number of piperidine rings is 1. The van der Waals surface area contributed by atoms with E-state index in [1.807, 2.05) is 20.8 Å². The quantitative estimate of drug-likeness (QED) is 0.765. The van der Waals surface area contributed by atoms with E-state index >= 15 is 0 Å². The van der Waals surface area contributed by atoms with Crippen LogP contribution < -0.4 is 5.56 Å². The Bertz CT molecular complexity index is 1040. The van der Waals surface area contributed by atoms with Gasteiger partial charge in [-0.05, 0) is 45.4 Å². The fraction of sp³-hybridized carbons (Fsp3) is 0.636. The van der Waals surface area contributed by atoms with Crippen molar-refractivity contribution in [3.8, 4) is 0 Å². The van der Waals surface area contributed by atoms with Crippen LogP contribution >= 0.6 is 0 Å². The Kier molecular flexibility index (Phi) is 5.90. The number of aromatic amines is 1. The molecule has 0 unspecified atom stereocenters. The van der Waals surface area contributed by atoms with Gasteiger partial charge in [-0.25, -0.2) is 14.1 Å². The number of nitrogens with zero attached hydrogens (tertiary/aromatic N) is 3. The molecule has 1 amide bonds. The number of hydrogen-bond donors (Lipinski definition) is 2. The van der Waals surface area contributed by atoms with Crippen LogP contribution in [-0.2, 0) is 4.74 Å². The number of H-pyrrole nitrogens is 1. The number of hydrogen-bond acceptors (Lipinski definition) is 5. The average molecular weight is 433 g/mol. The third-order valence-electron chi connectivity index (χ3n) is 5.37. The van der Waals surface area contributed by atoms with Crippen LogP contribution in [0.2, 0.25) is 0 Å². The molecular weight excluding hydrogens is 400 g/mol. The van der Waals surface area contributed by atoms with Crippen molar-refractivity contribution in [2.24, 2.45) is 5.41 Å². The molecule has 0 radical (unpaired) electrons. The molecule has 2 atom stereocenters. The van der Waals surface area contributed by atoms with Gasteiger partial charge in [0.25, 0.3) is 5.56 Å². The van der Waals surface area contributed by atoms with Crippen molar-refractivity contribution in [2.45, 2.75) is 78.4 Å². The number of rotatable bonds is 3. The molecule has 3 heterocycles. The molecule has 31 heavy (non-hydrogen) atoms. The third-order valence-corrected chi connectivity index (χ3v) is 5.37. The summed E-state index contributed by atoms with van der Waals surface area (Å²) in [5, 5.41) is 13.6. The largest absolute Gasteiger partial charge is 0.477 e. The Morgan fingerprint density at radius 1 is 1.26 bits per heavy atom. The fourth-order valence-corrected chi connectivity index (χ4v) is 4.24. The predicted octanol–water partition coefficient (Wildman–Crippen LogP) is 3.64. The number of carboxylic acid groups (broad SMARTS) is 1. The van der Waals surface area contributed by atoms with E-state index in [0.29, 0.717) is 25.1 Å². The number of likely N-dealkylation sites (tertiary alicyclic amines) is 1. The summed E-state index contributed by atoms with van der Waals surface area (Å²) >= 11 is 0. The van der Waals surface area contributed by atoms with Crippen LogP contribution in [0.3, 0.4) is 0 Å². The highest BCUT2D eigenvalue weighted by Gasteiger charge is 2.37. The summed E-state index contributed by atoms with van der Waals surface area (Å²) in [6, 6.07) is 1.41. The first kappa shape index (κ1) is 22.8. The smallest absolute Gasteiger partial charge is 0.410 e. The van der Waals surface area contributed by atoms with E-state index < -0.39 is 11.6 Å². The van der Waals surface area contributed by atoms with E-state index in [1.54, 1.807) is 4.90 Å². The second kappa shape index (κ2) is 8.01. The van der Waals surface area contributed by atoms with Crippen molar-refractivity contribution >= 4 is 17.7 Å². The predicted molar refractivity (Wildman–Crippen MR) is 116 cm³/mol. The molecule has 1 aliphatic heterocycles. The van der Waals surface area contributed by atoms with Gasteiger partial charge in [0.05, 0.1) is 11.9 Å². The standard InChI is InChI=1S/C22H32N4O5/c1-21(2,3)11-14-9-13(7-8-25(14)20(30)31-22(4,5)6)16-10-17(27)24-18-15(19(28)29)12-23-26(16)18/h10,12-14H,7-9,11H2,1-6H3,(H,24,27)(H,28,29)/t13-,14+/m1/s1. The van der Waals surface area contributed by atoms with E-state index in [9.17, 15) is 19.5 Å². The van der Waals surface area contributed by atoms with Gasteiger partial charge in [-0.3, -0.25) is 4.79 Å². The molecule has 1 saturated heterocycles. The topological polar surface area (TPSA) is 117 Å².